The fourth-order valence-electron chi connectivity index (χ4n) is 2.17. The normalized spacial score (nSPS) is 13.8. The Hall–Kier alpha value is -2.67. The van der Waals surface area contributed by atoms with Gasteiger partial charge in [-0.3, -0.25) is 4.79 Å². The highest BCUT2D eigenvalue weighted by atomic mass is 16.6. The van der Waals surface area contributed by atoms with Gasteiger partial charge in [0.05, 0.1) is 24.1 Å². The monoisotopic (exact) mass is 360 g/mol. The van der Waals surface area contributed by atoms with Crippen LogP contribution >= 0.6 is 0 Å². The third kappa shape index (κ3) is 4.92. The topological polar surface area (TPSA) is 102 Å². The van der Waals surface area contributed by atoms with Crippen LogP contribution in [0.3, 0.4) is 0 Å². The maximum absolute atomic E-state index is 12.4. The number of furan rings is 1. The van der Waals surface area contributed by atoms with Gasteiger partial charge in [-0.25, -0.2) is 9.78 Å². The lowest BCUT2D eigenvalue weighted by Gasteiger charge is -2.27. The van der Waals surface area contributed by atoms with Crippen LogP contribution < -0.4 is 5.32 Å². The molecule has 2 aromatic rings. The number of rotatable bonds is 5. The molecule has 0 fully saturated rings. The number of carbonyl (C=O) groups excluding carboxylic acids is 2. The van der Waals surface area contributed by atoms with E-state index in [4.69, 9.17) is 9.15 Å². The molecule has 0 bridgehead atoms. The van der Waals surface area contributed by atoms with Gasteiger partial charge in [-0.1, -0.05) is 0 Å². The van der Waals surface area contributed by atoms with E-state index in [0.29, 0.717) is 22.7 Å². The molecule has 2 heterocycles. The van der Waals surface area contributed by atoms with E-state index in [1.165, 1.54) is 6.92 Å². The van der Waals surface area contributed by atoms with E-state index in [1.54, 1.807) is 58.2 Å². The van der Waals surface area contributed by atoms with Crippen molar-refractivity contribution in [1.29, 1.82) is 0 Å². The number of pyridine rings is 1. The zero-order valence-electron chi connectivity index (χ0n) is 15.6. The largest absolute Gasteiger partial charge is 0.463 e. The number of aryl methyl sites for hydroxylation is 1. The lowest BCUT2D eigenvalue weighted by Crippen LogP contribution is -2.49. The quantitative estimate of drug-likeness (QED) is 0.794. The average molecular weight is 360 g/mol. The van der Waals surface area contributed by atoms with Gasteiger partial charge >= 0.3 is 5.97 Å². The first kappa shape index (κ1) is 19.7. The Morgan fingerprint density at radius 2 is 1.92 bits per heavy atom. The molecule has 0 aromatic carbocycles. The highest BCUT2D eigenvalue weighted by molar-refractivity contribution is 5.96. The molecular weight excluding hydrogens is 336 g/mol. The SMILES string of the molecule is Cc1nc(-c2ccco2)ccc1C(=O)NCC(C)(O)C(=O)OC(C)(C)C. The number of carbonyl (C=O) groups is 2. The molecule has 0 saturated carbocycles. The number of aromatic nitrogens is 1. The van der Waals surface area contributed by atoms with Gasteiger partial charge in [0.25, 0.3) is 5.91 Å². The molecule has 1 amide bonds. The van der Waals surface area contributed by atoms with Crippen LogP contribution in [-0.4, -0.2) is 39.7 Å². The molecule has 0 aliphatic carbocycles. The summed E-state index contributed by atoms with van der Waals surface area (Å²) in [5, 5.41) is 12.8. The molecule has 0 spiro atoms. The Labute approximate surface area is 152 Å². The fourth-order valence-corrected chi connectivity index (χ4v) is 2.17. The molecule has 140 valence electrons. The Balaban J connectivity index is 2.04. The van der Waals surface area contributed by atoms with Crippen molar-refractivity contribution in [3.8, 4) is 11.5 Å². The first-order valence-corrected chi connectivity index (χ1v) is 8.25. The van der Waals surface area contributed by atoms with Gasteiger partial charge in [0.15, 0.2) is 11.4 Å². The van der Waals surface area contributed by atoms with Crippen LogP contribution in [0.15, 0.2) is 34.9 Å². The molecule has 26 heavy (non-hydrogen) atoms. The van der Waals surface area contributed by atoms with Crippen molar-refractivity contribution in [2.24, 2.45) is 0 Å². The van der Waals surface area contributed by atoms with Crippen molar-refractivity contribution in [3.63, 3.8) is 0 Å². The summed E-state index contributed by atoms with van der Waals surface area (Å²) in [7, 11) is 0. The minimum atomic E-state index is -1.83. The number of ether oxygens (including phenoxy) is 1. The van der Waals surface area contributed by atoms with Gasteiger partial charge in [0.2, 0.25) is 0 Å². The molecule has 2 rings (SSSR count). The van der Waals surface area contributed by atoms with E-state index in [2.05, 4.69) is 10.3 Å². The number of nitrogens with one attached hydrogen (secondary N) is 1. The lowest BCUT2D eigenvalue weighted by molar-refractivity contribution is -0.174. The molecule has 7 nitrogen and oxygen atoms in total. The second-order valence-corrected chi connectivity index (χ2v) is 7.27. The van der Waals surface area contributed by atoms with Crippen LogP contribution in [0.4, 0.5) is 0 Å². The molecule has 0 aliphatic heterocycles. The van der Waals surface area contributed by atoms with E-state index in [1.807, 2.05) is 0 Å². The molecule has 0 saturated heterocycles. The van der Waals surface area contributed by atoms with Crippen molar-refractivity contribution < 1.29 is 23.8 Å². The van der Waals surface area contributed by atoms with Gasteiger partial charge in [0.1, 0.15) is 11.3 Å². The average Bonchev–Trinajstić information content (AvgIpc) is 3.05. The molecule has 2 N–H and O–H groups in total. The summed E-state index contributed by atoms with van der Waals surface area (Å²) in [4.78, 5) is 28.8. The van der Waals surface area contributed by atoms with E-state index < -0.39 is 23.1 Å². The molecule has 1 unspecified atom stereocenters. The predicted octanol–water partition coefficient (Wildman–Crippen LogP) is 2.47. The molecular formula is C19H24N2O5. The van der Waals surface area contributed by atoms with Gasteiger partial charge in [-0.2, -0.15) is 0 Å². The maximum Gasteiger partial charge on any atom is 0.340 e. The molecule has 7 heteroatoms. The smallest absolute Gasteiger partial charge is 0.340 e. The minimum absolute atomic E-state index is 0.278. The molecule has 0 aliphatic rings. The summed E-state index contributed by atoms with van der Waals surface area (Å²) >= 11 is 0. The van der Waals surface area contributed by atoms with Crippen LogP contribution in [0.1, 0.15) is 43.7 Å². The Morgan fingerprint density at radius 1 is 1.23 bits per heavy atom. The highest BCUT2D eigenvalue weighted by Crippen LogP contribution is 2.19. The number of nitrogens with zero attached hydrogens (tertiary/aromatic N) is 1. The summed E-state index contributed by atoms with van der Waals surface area (Å²) in [5.41, 5.74) is -1.09. The third-order valence-electron chi connectivity index (χ3n) is 3.54. The number of hydrogen-bond acceptors (Lipinski definition) is 6. The maximum atomic E-state index is 12.4. The van der Waals surface area contributed by atoms with Gasteiger partial charge < -0.3 is 19.6 Å². The van der Waals surface area contributed by atoms with Crippen molar-refractivity contribution in [2.75, 3.05) is 6.54 Å². The Bertz CT molecular complexity index is 789. The van der Waals surface area contributed by atoms with E-state index in [-0.39, 0.29) is 6.54 Å². The van der Waals surface area contributed by atoms with Gasteiger partial charge in [0, 0.05) is 0 Å². The number of esters is 1. The van der Waals surface area contributed by atoms with Gasteiger partial charge in [-0.05, 0) is 58.9 Å². The fraction of sp³-hybridized carbons (Fsp3) is 0.421. The summed E-state index contributed by atoms with van der Waals surface area (Å²) < 4.78 is 10.4. The zero-order valence-corrected chi connectivity index (χ0v) is 15.6. The van der Waals surface area contributed by atoms with Crippen LogP contribution in [0.5, 0.6) is 0 Å². The zero-order chi connectivity index (χ0) is 19.5. The number of amides is 1. The summed E-state index contributed by atoms with van der Waals surface area (Å²) in [6, 6.07) is 6.83. The number of aliphatic hydroxyl groups is 1. The summed E-state index contributed by atoms with van der Waals surface area (Å²) in [5.74, 6) is -0.633. The molecule has 0 radical (unpaired) electrons. The van der Waals surface area contributed by atoms with Crippen LogP contribution in [0.25, 0.3) is 11.5 Å². The Morgan fingerprint density at radius 3 is 2.46 bits per heavy atom. The van der Waals surface area contributed by atoms with Gasteiger partial charge in [-0.15, -0.1) is 0 Å². The lowest BCUT2D eigenvalue weighted by atomic mass is 10.1. The summed E-state index contributed by atoms with van der Waals surface area (Å²) in [6.45, 7) is 7.83. The standard InChI is InChI=1S/C19H24N2O5/c1-12-13(8-9-14(21-12)15-7-6-10-25-15)16(22)20-11-19(5,24)17(23)26-18(2,3)4/h6-10,24H,11H2,1-5H3,(H,20,22). The van der Waals surface area contributed by atoms with Crippen LogP contribution in [-0.2, 0) is 9.53 Å². The van der Waals surface area contributed by atoms with E-state index in [0.717, 1.165) is 0 Å². The van der Waals surface area contributed by atoms with Crippen molar-refractivity contribution in [1.82, 2.24) is 10.3 Å². The first-order valence-electron chi connectivity index (χ1n) is 8.25. The second kappa shape index (κ2) is 7.29. The minimum Gasteiger partial charge on any atom is -0.463 e. The molecule has 1 atom stereocenters. The van der Waals surface area contributed by atoms with Crippen LogP contribution in [0.2, 0.25) is 0 Å². The van der Waals surface area contributed by atoms with E-state index in [9.17, 15) is 14.7 Å². The Kier molecular flexibility index (Phi) is 5.51. The van der Waals surface area contributed by atoms with Crippen molar-refractivity contribution in [3.05, 3.63) is 41.8 Å². The second-order valence-electron chi connectivity index (χ2n) is 7.27. The van der Waals surface area contributed by atoms with Crippen molar-refractivity contribution in [2.45, 2.75) is 45.8 Å². The predicted molar refractivity (Wildman–Crippen MR) is 95.5 cm³/mol. The van der Waals surface area contributed by atoms with Crippen LogP contribution in [0, 0.1) is 6.92 Å². The molecule has 2 aromatic heterocycles. The summed E-state index contributed by atoms with van der Waals surface area (Å²) in [6.07, 6.45) is 1.55. The third-order valence-corrected chi connectivity index (χ3v) is 3.54. The van der Waals surface area contributed by atoms with Crippen molar-refractivity contribution >= 4 is 11.9 Å². The first-order chi connectivity index (χ1) is 12.0. The number of hydrogen-bond donors (Lipinski definition) is 2. The highest BCUT2D eigenvalue weighted by Gasteiger charge is 2.35. The van der Waals surface area contributed by atoms with E-state index >= 15 is 0 Å².